The molecule has 0 saturated carbocycles. The lowest BCUT2D eigenvalue weighted by molar-refractivity contribution is -0.152. The van der Waals surface area contributed by atoms with Gasteiger partial charge in [-0.15, -0.1) is 0 Å². The molecule has 0 bridgehead atoms. The van der Waals surface area contributed by atoms with Gasteiger partial charge in [-0.1, -0.05) is 6.07 Å². The van der Waals surface area contributed by atoms with Gasteiger partial charge in [-0.3, -0.25) is 14.4 Å². The minimum absolute atomic E-state index is 0.0394. The molecule has 4 aromatic rings. The number of aromatic nitrogens is 3. The van der Waals surface area contributed by atoms with Gasteiger partial charge in [0.1, 0.15) is 17.2 Å². The van der Waals surface area contributed by atoms with Crippen molar-refractivity contribution in [1.82, 2.24) is 25.2 Å². The third kappa shape index (κ3) is 6.10. The number of amides is 2. The Morgan fingerprint density at radius 2 is 1.91 bits per heavy atom. The number of benzene rings is 2. The fraction of sp³-hybridized carbons (Fsp3) is 0.345. The Balaban J connectivity index is 1.17. The number of aliphatic carboxylic acids is 1. The molecule has 2 aromatic carbocycles. The number of likely N-dealkylation sites (tertiary alicyclic amines) is 1. The maximum absolute atomic E-state index is 14.4. The van der Waals surface area contributed by atoms with E-state index in [0.29, 0.717) is 11.0 Å². The maximum atomic E-state index is 14.4. The van der Waals surface area contributed by atoms with Crippen molar-refractivity contribution in [2.45, 2.75) is 50.0 Å². The van der Waals surface area contributed by atoms with Crippen molar-refractivity contribution in [2.75, 3.05) is 18.8 Å². The van der Waals surface area contributed by atoms with Gasteiger partial charge in [0.05, 0.1) is 52.4 Å². The number of fused-ring (bicyclic) bond motifs is 2. The standard InChI is InChI=1S/C29H31FN6O8/c30-16-2-1-3-18-22(16)24(31)23(28(42)35-18)26-33-17-5-4-13(10-19(17)34-26)27(41)32-8-6-14(37)11-15(38)12-21(40)36-9-7-20(39)25(36)29(43)44/h1-5,10,14-15,20,25,37-39H,6-9,11-12H2,(H,32,41)(H,33,34)(H,43,44)(H3,31,35,42)/t14-,15-,20?,25?/m1/s1. The van der Waals surface area contributed by atoms with E-state index in [9.17, 15) is 44.0 Å². The minimum Gasteiger partial charge on any atom is -0.480 e. The summed E-state index contributed by atoms with van der Waals surface area (Å²) in [7, 11) is 0. The van der Waals surface area contributed by atoms with Crippen molar-refractivity contribution < 1.29 is 39.2 Å². The molecule has 1 aliphatic heterocycles. The third-order valence-corrected chi connectivity index (χ3v) is 7.67. The molecule has 0 aliphatic carbocycles. The first-order valence-corrected chi connectivity index (χ1v) is 13.9. The van der Waals surface area contributed by atoms with E-state index < -0.39 is 59.9 Å². The Kier molecular flexibility index (Phi) is 8.62. The number of pyridine rings is 1. The molecule has 3 heterocycles. The van der Waals surface area contributed by atoms with Crippen LogP contribution in [-0.2, 0) is 9.59 Å². The number of H-pyrrole nitrogens is 2. The van der Waals surface area contributed by atoms with Crippen molar-refractivity contribution in [2.24, 2.45) is 0 Å². The van der Waals surface area contributed by atoms with Crippen LogP contribution < -0.4 is 16.6 Å². The molecule has 44 heavy (non-hydrogen) atoms. The molecule has 0 radical (unpaired) electrons. The molecule has 0 spiro atoms. The zero-order valence-corrected chi connectivity index (χ0v) is 23.3. The quantitative estimate of drug-likeness (QED) is 0.123. The van der Waals surface area contributed by atoms with Crippen molar-refractivity contribution >= 4 is 45.4 Å². The lowest BCUT2D eigenvalue weighted by Gasteiger charge is -2.24. The fourth-order valence-electron chi connectivity index (χ4n) is 5.48. The van der Waals surface area contributed by atoms with E-state index in [1.54, 1.807) is 6.07 Å². The number of aliphatic hydroxyl groups excluding tert-OH is 3. The summed E-state index contributed by atoms with van der Waals surface area (Å²) in [5.41, 5.74) is 6.83. The van der Waals surface area contributed by atoms with Crippen LogP contribution in [0.4, 0.5) is 10.1 Å². The van der Waals surface area contributed by atoms with Crippen LogP contribution in [0, 0.1) is 5.82 Å². The van der Waals surface area contributed by atoms with Crippen LogP contribution in [-0.4, -0.2) is 95.5 Å². The molecule has 14 nitrogen and oxygen atoms in total. The average molecular weight is 611 g/mol. The van der Waals surface area contributed by atoms with Gasteiger partial charge in [-0.05, 0) is 49.6 Å². The molecule has 2 unspecified atom stereocenters. The first-order chi connectivity index (χ1) is 20.9. The lowest BCUT2D eigenvalue weighted by atomic mass is 10.1. The van der Waals surface area contributed by atoms with Gasteiger partial charge < -0.3 is 46.3 Å². The van der Waals surface area contributed by atoms with Crippen LogP contribution in [0.25, 0.3) is 33.3 Å². The van der Waals surface area contributed by atoms with Crippen molar-refractivity contribution in [3.05, 3.63) is 58.1 Å². The van der Waals surface area contributed by atoms with E-state index >= 15 is 0 Å². The summed E-state index contributed by atoms with van der Waals surface area (Å²) >= 11 is 0. The summed E-state index contributed by atoms with van der Waals surface area (Å²) in [5, 5.41) is 42.3. The highest BCUT2D eigenvalue weighted by Gasteiger charge is 2.41. The highest BCUT2D eigenvalue weighted by molar-refractivity contribution is 6.00. The molecule has 5 rings (SSSR count). The molecular weight excluding hydrogens is 579 g/mol. The number of carbonyl (C=O) groups is 3. The number of aliphatic hydroxyl groups is 3. The number of carbonyl (C=O) groups excluding carboxylic acids is 2. The smallest absolute Gasteiger partial charge is 0.329 e. The van der Waals surface area contributed by atoms with Crippen LogP contribution in [0.5, 0.6) is 0 Å². The Bertz CT molecular complexity index is 1810. The molecule has 4 atom stereocenters. The third-order valence-electron chi connectivity index (χ3n) is 7.67. The number of aromatic amines is 2. The van der Waals surface area contributed by atoms with E-state index in [-0.39, 0.29) is 65.9 Å². The number of hydrogen-bond acceptors (Lipinski definition) is 9. The summed E-state index contributed by atoms with van der Waals surface area (Å²) in [4.78, 5) is 60.2. The van der Waals surface area contributed by atoms with E-state index in [2.05, 4.69) is 20.3 Å². The molecule has 1 fully saturated rings. The Labute approximate surface area is 248 Å². The zero-order chi connectivity index (χ0) is 31.7. The van der Waals surface area contributed by atoms with Gasteiger partial charge in [0.15, 0.2) is 6.04 Å². The van der Waals surface area contributed by atoms with Gasteiger partial charge in [0.25, 0.3) is 11.5 Å². The van der Waals surface area contributed by atoms with E-state index in [1.165, 1.54) is 30.3 Å². The minimum atomic E-state index is -1.37. The molecule has 1 saturated heterocycles. The molecule has 2 aromatic heterocycles. The van der Waals surface area contributed by atoms with Crippen molar-refractivity contribution in [3.8, 4) is 11.4 Å². The Morgan fingerprint density at radius 1 is 1.14 bits per heavy atom. The van der Waals surface area contributed by atoms with Crippen molar-refractivity contribution in [1.29, 1.82) is 0 Å². The number of carboxylic acids is 1. The summed E-state index contributed by atoms with van der Waals surface area (Å²) in [6.07, 6.45) is -3.91. The fourth-order valence-corrected chi connectivity index (χ4v) is 5.48. The Morgan fingerprint density at radius 3 is 2.66 bits per heavy atom. The maximum Gasteiger partial charge on any atom is 0.329 e. The van der Waals surface area contributed by atoms with Crippen LogP contribution in [0.1, 0.15) is 36.0 Å². The highest BCUT2D eigenvalue weighted by atomic mass is 19.1. The largest absolute Gasteiger partial charge is 0.480 e. The van der Waals surface area contributed by atoms with Gasteiger partial charge in [0, 0.05) is 18.7 Å². The average Bonchev–Trinajstić information content (AvgIpc) is 3.55. The second-order valence-corrected chi connectivity index (χ2v) is 10.7. The second kappa shape index (κ2) is 12.4. The molecule has 2 amide bonds. The number of carboxylic acid groups (broad SMARTS) is 1. The zero-order valence-electron chi connectivity index (χ0n) is 23.3. The first-order valence-electron chi connectivity index (χ1n) is 13.9. The number of halogens is 1. The van der Waals surface area contributed by atoms with E-state index in [4.69, 9.17) is 5.73 Å². The summed E-state index contributed by atoms with van der Waals surface area (Å²) in [6.45, 7) is 0.0978. The predicted octanol–water partition coefficient (Wildman–Crippen LogP) is 0.461. The second-order valence-electron chi connectivity index (χ2n) is 10.7. The summed E-state index contributed by atoms with van der Waals surface area (Å²) in [6, 6.07) is 7.44. The van der Waals surface area contributed by atoms with E-state index in [0.717, 1.165) is 4.90 Å². The van der Waals surface area contributed by atoms with Gasteiger partial charge in [0.2, 0.25) is 5.91 Å². The molecule has 15 heteroatoms. The number of hydrogen-bond donors (Lipinski definition) is 8. The number of rotatable bonds is 10. The number of nitrogen functional groups attached to an aromatic ring is 1. The summed E-state index contributed by atoms with van der Waals surface area (Å²) in [5.74, 6) is -2.94. The predicted molar refractivity (Wildman–Crippen MR) is 156 cm³/mol. The number of imidazole rings is 1. The topological polar surface area (TPSA) is 235 Å². The summed E-state index contributed by atoms with van der Waals surface area (Å²) < 4.78 is 14.4. The highest BCUT2D eigenvalue weighted by Crippen LogP contribution is 2.30. The number of anilines is 1. The Hall–Kier alpha value is -4.86. The van der Waals surface area contributed by atoms with Crippen molar-refractivity contribution in [3.63, 3.8) is 0 Å². The normalized spacial score (nSPS) is 18.0. The molecular formula is C29H31FN6O8. The monoisotopic (exact) mass is 610 g/mol. The van der Waals surface area contributed by atoms with Crippen LogP contribution in [0.2, 0.25) is 0 Å². The molecule has 1 aliphatic rings. The van der Waals surface area contributed by atoms with Gasteiger partial charge >= 0.3 is 5.97 Å². The number of nitrogens with zero attached hydrogens (tertiary/aromatic N) is 2. The van der Waals surface area contributed by atoms with Gasteiger partial charge in [-0.25, -0.2) is 14.2 Å². The molecule has 9 N–H and O–H groups in total. The first kappa shape index (κ1) is 30.6. The van der Waals surface area contributed by atoms with Gasteiger partial charge in [-0.2, -0.15) is 0 Å². The molecule has 232 valence electrons. The van der Waals surface area contributed by atoms with E-state index in [1.807, 2.05) is 0 Å². The van der Waals surface area contributed by atoms with Crippen LogP contribution >= 0.6 is 0 Å². The number of nitrogens with two attached hydrogens (primary N) is 1. The van der Waals surface area contributed by atoms with Crippen LogP contribution in [0.15, 0.2) is 41.2 Å². The lowest BCUT2D eigenvalue weighted by Crippen LogP contribution is -2.46. The SMILES string of the molecule is Nc1c(-c2nc3ccc(C(=O)NCC[C@@H](O)C[C@@H](O)CC(=O)N4CCC(O)C4C(=O)O)cc3[nH]2)c(=O)[nH]c2cccc(F)c12. The van der Waals surface area contributed by atoms with Crippen LogP contribution in [0.3, 0.4) is 0 Å². The number of nitrogens with one attached hydrogen (secondary N) is 3.